The Morgan fingerprint density at radius 1 is 1.03 bits per heavy atom. The molecule has 29 heavy (non-hydrogen) atoms. The number of likely N-dealkylation sites (tertiary alicyclic amines) is 1. The Balaban J connectivity index is 1.53. The van der Waals surface area contributed by atoms with Crippen LogP contribution in [0.4, 0.5) is 5.69 Å². The molecule has 6 heteroatoms. The third-order valence-electron chi connectivity index (χ3n) is 5.78. The third-order valence-corrected chi connectivity index (χ3v) is 5.78. The van der Waals surface area contributed by atoms with E-state index in [0.29, 0.717) is 5.96 Å². The summed E-state index contributed by atoms with van der Waals surface area (Å²) in [5, 5.41) is 0. The fourth-order valence-electron chi connectivity index (χ4n) is 4.26. The minimum atomic E-state index is -0.690. The van der Waals surface area contributed by atoms with Crippen LogP contribution in [0.25, 0.3) is 11.3 Å². The minimum absolute atomic E-state index is 0.422. The fraction of sp³-hybridized carbons (Fsp3) is 0.391. The number of guanidine groups is 1. The van der Waals surface area contributed by atoms with Gasteiger partial charge in [-0.15, -0.1) is 0 Å². The summed E-state index contributed by atoms with van der Waals surface area (Å²) in [6.45, 7) is 3.48. The van der Waals surface area contributed by atoms with Gasteiger partial charge in [0.15, 0.2) is 0 Å². The molecule has 6 nitrogen and oxygen atoms in total. The highest BCUT2D eigenvalue weighted by Gasteiger charge is 2.34. The molecule has 1 saturated heterocycles. The van der Waals surface area contributed by atoms with E-state index in [1.807, 2.05) is 47.4 Å². The van der Waals surface area contributed by atoms with Gasteiger partial charge in [0.1, 0.15) is 5.66 Å². The number of anilines is 1. The molecule has 0 bridgehead atoms. The number of rotatable bonds is 6. The number of hydrogen-bond donors (Lipinski definition) is 2. The Morgan fingerprint density at radius 3 is 2.69 bits per heavy atom. The number of piperidine rings is 1. The molecule has 1 atom stereocenters. The number of pyridine rings is 1. The van der Waals surface area contributed by atoms with E-state index in [-0.39, 0.29) is 0 Å². The van der Waals surface area contributed by atoms with Gasteiger partial charge in [-0.3, -0.25) is 9.88 Å². The zero-order valence-corrected chi connectivity index (χ0v) is 16.9. The summed E-state index contributed by atoms with van der Waals surface area (Å²) in [6.07, 6.45) is 11.3. The van der Waals surface area contributed by atoms with E-state index in [4.69, 9.17) is 11.5 Å². The lowest BCUT2D eigenvalue weighted by Gasteiger charge is -2.42. The molecule has 3 heterocycles. The van der Waals surface area contributed by atoms with Crippen molar-refractivity contribution in [2.45, 2.75) is 37.8 Å². The number of nitrogens with zero attached hydrogens (tertiary/aromatic N) is 4. The maximum Gasteiger partial charge on any atom is 0.202 e. The quantitative estimate of drug-likeness (QED) is 0.790. The fourth-order valence-corrected chi connectivity index (χ4v) is 4.26. The maximum absolute atomic E-state index is 6.87. The molecule has 2 aliphatic rings. The monoisotopic (exact) mass is 390 g/mol. The molecule has 0 radical (unpaired) electrons. The second-order valence-corrected chi connectivity index (χ2v) is 7.90. The molecule has 4 rings (SSSR count). The van der Waals surface area contributed by atoms with Gasteiger partial charge in [0, 0.05) is 23.6 Å². The molecule has 2 aliphatic heterocycles. The van der Waals surface area contributed by atoms with E-state index in [1.54, 1.807) is 12.4 Å². The average molecular weight is 391 g/mol. The third kappa shape index (κ3) is 4.49. The van der Waals surface area contributed by atoms with Crippen LogP contribution in [0.2, 0.25) is 0 Å². The van der Waals surface area contributed by atoms with Crippen molar-refractivity contribution < 1.29 is 0 Å². The highest BCUT2D eigenvalue weighted by molar-refractivity contribution is 5.98. The van der Waals surface area contributed by atoms with Crippen molar-refractivity contribution in [1.29, 1.82) is 0 Å². The second kappa shape index (κ2) is 8.76. The van der Waals surface area contributed by atoms with E-state index >= 15 is 0 Å². The van der Waals surface area contributed by atoms with Gasteiger partial charge in [-0.2, -0.15) is 0 Å². The average Bonchev–Trinajstić information content (AvgIpc) is 2.75. The molecule has 0 saturated carbocycles. The Kier molecular flexibility index (Phi) is 5.92. The molecule has 0 spiro atoms. The van der Waals surface area contributed by atoms with Gasteiger partial charge in [0.05, 0.1) is 5.69 Å². The first-order valence-electron chi connectivity index (χ1n) is 10.5. The summed E-state index contributed by atoms with van der Waals surface area (Å²) in [7, 11) is 0. The van der Waals surface area contributed by atoms with Gasteiger partial charge in [-0.1, -0.05) is 24.6 Å². The first kappa shape index (κ1) is 19.6. The normalized spacial score (nSPS) is 22.5. The summed E-state index contributed by atoms with van der Waals surface area (Å²) in [5.41, 5.74) is 15.4. The van der Waals surface area contributed by atoms with E-state index in [0.717, 1.165) is 36.3 Å². The number of benzene rings is 1. The van der Waals surface area contributed by atoms with Gasteiger partial charge in [-0.25, -0.2) is 4.99 Å². The lowest BCUT2D eigenvalue weighted by Crippen LogP contribution is -2.61. The highest BCUT2D eigenvalue weighted by atomic mass is 15.4. The predicted octanol–water partition coefficient (Wildman–Crippen LogP) is 3.32. The van der Waals surface area contributed by atoms with Gasteiger partial charge < -0.3 is 16.4 Å². The Morgan fingerprint density at radius 2 is 1.90 bits per heavy atom. The molecule has 1 aromatic carbocycles. The molecule has 0 amide bonds. The van der Waals surface area contributed by atoms with Gasteiger partial charge >= 0.3 is 0 Å². The maximum atomic E-state index is 6.87. The van der Waals surface area contributed by atoms with Gasteiger partial charge in [-0.05, 0) is 75.7 Å². The zero-order chi connectivity index (χ0) is 20.1. The zero-order valence-electron chi connectivity index (χ0n) is 16.9. The number of hydrogen-bond acceptors (Lipinski definition) is 6. The first-order valence-corrected chi connectivity index (χ1v) is 10.5. The standard InChI is InChI=1S/C23H30N6/c24-22-27-14-12-23(25,11-7-17-28-15-4-1-5-16-28)29(22)20-9-6-8-19(18-20)21-10-2-3-13-26-21/h2-3,6,8-10,12-14,18H,1,4-5,7,11,15-17,25H2,(H2,24,27). The van der Waals surface area contributed by atoms with E-state index in [1.165, 1.54) is 32.4 Å². The Labute approximate surface area is 172 Å². The summed E-state index contributed by atoms with van der Waals surface area (Å²) in [6, 6.07) is 14.1. The Bertz CT molecular complexity index is 872. The molecular weight excluding hydrogens is 360 g/mol. The summed E-state index contributed by atoms with van der Waals surface area (Å²) >= 11 is 0. The smallest absolute Gasteiger partial charge is 0.202 e. The predicted molar refractivity (Wildman–Crippen MR) is 119 cm³/mol. The summed E-state index contributed by atoms with van der Waals surface area (Å²) in [4.78, 5) is 13.3. The van der Waals surface area contributed by atoms with Crippen molar-refractivity contribution in [3.8, 4) is 11.3 Å². The van der Waals surface area contributed by atoms with Crippen LogP contribution >= 0.6 is 0 Å². The number of aliphatic imine (C=N–C) groups is 1. The van der Waals surface area contributed by atoms with Crippen molar-refractivity contribution in [2.75, 3.05) is 24.5 Å². The van der Waals surface area contributed by atoms with Crippen LogP contribution in [0.5, 0.6) is 0 Å². The minimum Gasteiger partial charge on any atom is -0.369 e. The van der Waals surface area contributed by atoms with Crippen molar-refractivity contribution >= 4 is 11.6 Å². The summed E-state index contributed by atoms with van der Waals surface area (Å²) < 4.78 is 0. The van der Waals surface area contributed by atoms with E-state index in [9.17, 15) is 0 Å². The van der Waals surface area contributed by atoms with Crippen LogP contribution in [-0.4, -0.2) is 41.1 Å². The lowest BCUT2D eigenvalue weighted by molar-refractivity contribution is 0.220. The molecule has 0 aliphatic carbocycles. The second-order valence-electron chi connectivity index (χ2n) is 7.90. The van der Waals surface area contributed by atoms with Crippen molar-refractivity contribution in [2.24, 2.45) is 16.5 Å². The van der Waals surface area contributed by atoms with Gasteiger partial charge in [0.25, 0.3) is 0 Å². The number of aromatic nitrogens is 1. The molecule has 1 aromatic heterocycles. The van der Waals surface area contributed by atoms with Crippen LogP contribution in [0.3, 0.4) is 0 Å². The molecule has 1 fully saturated rings. The highest BCUT2D eigenvalue weighted by Crippen LogP contribution is 2.31. The Hall–Kier alpha value is -2.70. The van der Waals surface area contributed by atoms with Crippen LogP contribution in [0.1, 0.15) is 32.1 Å². The molecule has 152 valence electrons. The molecule has 2 aromatic rings. The van der Waals surface area contributed by atoms with Gasteiger partial charge in [0.2, 0.25) is 5.96 Å². The first-order chi connectivity index (χ1) is 14.2. The van der Waals surface area contributed by atoms with E-state index in [2.05, 4.69) is 20.9 Å². The largest absolute Gasteiger partial charge is 0.369 e. The van der Waals surface area contributed by atoms with Crippen LogP contribution in [0, 0.1) is 0 Å². The number of nitrogens with two attached hydrogens (primary N) is 2. The van der Waals surface area contributed by atoms with Crippen LogP contribution < -0.4 is 16.4 Å². The molecular formula is C23H30N6. The molecule has 4 N–H and O–H groups in total. The molecule has 1 unspecified atom stereocenters. The van der Waals surface area contributed by atoms with Crippen LogP contribution in [0.15, 0.2) is 65.9 Å². The van der Waals surface area contributed by atoms with Crippen molar-refractivity contribution in [3.63, 3.8) is 0 Å². The van der Waals surface area contributed by atoms with Crippen molar-refractivity contribution in [1.82, 2.24) is 9.88 Å². The lowest BCUT2D eigenvalue weighted by atomic mass is 9.99. The van der Waals surface area contributed by atoms with Crippen molar-refractivity contribution in [3.05, 3.63) is 60.9 Å². The van der Waals surface area contributed by atoms with E-state index < -0.39 is 5.66 Å². The SMILES string of the molecule is NC1=NC=CC(N)(CCCN2CCCCC2)N1c1cccc(-c2ccccn2)c1. The topological polar surface area (TPSA) is 83.8 Å². The summed E-state index contributed by atoms with van der Waals surface area (Å²) in [5.74, 6) is 0.422. The van der Waals surface area contributed by atoms with Crippen LogP contribution in [-0.2, 0) is 0 Å².